The van der Waals surface area contributed by atoms with Gasteiger partial charge in [0.2, 0.25) is 5.91 Å². The second-order valence-electron chi connectivity index (χ2n) is 17.7. The van der Waals surface area contributed by atoms with Crippen molar-refractivity contribution in [1.29, 1.82) is 0 Å². The molecule has 0 aromatic carbocycles. The molecule has 0 bridgehead atoms. The Bertz CT molecular complexity index is 1390. The van der Waals surface area contributed by atoms with E-state index < -0.39 is 18.2 Å². The predicted molar refractivity (Wildman–Crippen MR) is 286 cm³/mol. The van der Waals surface area contributed by atoms with Crippen LogP contribution in [0.25, 0.3) is 0 Å². The molecule has 0 aliphatic carbocycles. The number of aliphatic hydroxyl groups excluding tert-OH is 2. The monoisotopic (exact) mass is 914 g/mol. The maximum atomic E-state index is 13.2. The van der Waals surface area contributed by atoms with Gasteiger partial charge in [-0.15, -0.1) is 0 Å². The molecule has 0 spiro atoms. The molecule has 0 rings (SSSR count). The Hall–Kier alpha value is -3.74. The molecular weight excluding hydrogens is 815 g/mol. The molecule has 0 saturated carbocycles. The molecule has 1 amide bonds. The van der Waals surface area contributed by atoms with Gasteiger partial charge in [0.25, 0.3) is 0 Å². The Kier molecular flexibility index (Phi) is 49.3. The molecule has 6 heteroatoms. The van der Waals surface area contributed by atoms with Gasteiger partial charge in [-0.1, -0.05) is 245 Å². The van der Waals surface area contributed by atoms with Gasteiger partial charge in [-0.2, -0.15) is 0 Å². The van der Waals surface area contributed by atoms with Crippen molar-refractivity contribution in [3.05, 3.63) is 122 Å². The van der Waals surface area contributed by atoms with Crippen LogP contribution in [0.4, 0.5) is 0 Å². The van der Waals surface area contributed by atoms with E-state index in [0.717, 1.165) is 83.5 Å². The second-order valence-corrected chi connectivity index (χ2v) is 17.7. The highest BCUT2D eigenvalue weighted by Gasteiger charge is 2.24. The number of hydrogen-bond acceptors (Lipinski definition) is 5. The van der Waals surface area contributed by atoms with Crippen LogP contribution in [-0.2, 0) is 14.3 Å². The van der Waals surface area contributed by atoms with Crippen LogP contribution in [0.3, 0.4) is 0 Å². The quantitative estimate of drug-likeness (QED) is 0.0245. The minimum absolute atomic E-state index is 0.0137. The predicted octanol–water partition coefficient (Wildman–Crippen LogP) is 16.5. The fourth-order valence-electron chi connectivity index (χ4n) is 7.39. The van der Waals surface area contributed by atoms with Gasteiger partial charge in [0.15, 0.2) is 0 Å². The molecule has 0 saturated heterocycles. The number of carbonyl (C=O) groups excluding carboxylic acids is 2. The third-order valence-electron chi connectivity index (χ3n) is 11.4. The van der Waals surface area contributed by atoms with Gasteiger partial charge in [0.05, 0.1) is 25.2 Å². The van der Waals surface area contributed by atoms with Gasteiger partial charge < -0.3 is 20.3 Å². The summed E-state index contributed by atoms with van der Waals surface area (Å²) in [7, 11) is 0. The van der Waals surface area contributed by atoms with Crippen molar-refractivity contribution in [2.75, 3.05) is 6.61 Å². The molecule has 0 aliphatic rings. The number of nitrogens with one attached hydrogen (secondary N) is 1. The van der Waals surface area contributed by atoms with Crippen LogP contribution in [0, 0.1) is 0 Å². The second kappa shape index (κ2) is 52.2. The van der Waals surface area contributed by atoms with Crippen LogP contribution in [0.15, 0.2) is 122 Å². The molecular formula is C60H99NO5. The maximum absolute atomic E-state index is 13.2. The van der Waals surface area contributed by atoms with Crippen molar-refractivity contribution in [3.63, 3.8) is 0 Å². The fourth-order valence-corrected chi connectivity index (χ4v) is 7.39. The van der Waals surface area contributed by atoms with Crippen molar-refractivity contribution in [1.82, 2.24) is 5.32 Å². The number of allylic oxidation sites excluding steroid dienone is 20. The smallest absolute Gasteiger partial charge is 0.306 e. The summed E-state index contributed by atoms with van der Waals surface area (Å²) in [6.07, 6.45) is 72.5. The Morgan fingerprint density at radius 3 is 1.42 bits per heavy atom. The SMILES string of the molecule is CC\C=C/C=C/C=C/C=C\C=C\C=C\CCCCCC(=O)OC(CCC/C=C\C/C=C\C/C=C\C/C=C\CCCCC)CC(=O)NC(CO)C(O)CCCCCCCCCCCCCCC. The number of unbranched alkanes of at least 4 members (excludes halogenated alkanes) is 19. The molecule has 3 N–H and O–H groups in total. The van der Waals surface area contributed by atoms with E-state index in [4.69, 9.17) is 4.74 Å². The Balaban J connectivity index is 4.82. The van der Waals surface area contributed by atoms with Crippen molar-refractivity contribution in [3.8, 4) is 0 Å². The van der Waals surface area contributed by atoms with E-state index in [-0.39, 0.29) is 24.9 Å². The number of esters is 1. The van der Waals surface area contributed by atoms with Gasteiger partial charge in [0.1, 0.15) is 6.10 Å². The Labute approximate surface area is 406 Å². The summed E-state index contributed by atoms with van der Waals surface area (Å²) in [6, 6.07) is -0.737. The third-order valence-corrected chi connectivity index (χ3v) is 11.4. The number of rotatable bonds is 46. The normalized spacial score (nSPS) is 14.2. The molecule has 0 aliphatic heterocycles. The summed E-state index contributed by atoms with van der Waals surface area (Å²) in [5, 5.41) is 23.8. The van der Waals surface area contributed by atoms with Crippen LogP contribution in [-0.4, -0.2) is 46.9 Å². The van der Waals surface area contributed by atoms with Crippen LogP contribution >= 0.6 is 0 Å². The molecule has 3 unspecified atom stereocenters. The van der Waals surface area contributed by atoms with Crippen molar-refractivity contribution < 1.29 is 24.5 Å². The van der Waals surface area contributed by atoms with Gasteiger partial charge in [-0.25, -0.2) is 0 Å². The summed E-state index contributed by atoms with van der Waals surface area (Å²) in [4.78, 5) is 26.2. The number of ether oxygens (including phenoxy) is 1. The molecule has 374 valence electrons. The van der Waals surface area contributed by atoms with Crippen LogP contribution < -0.4 is 5.32 Å². The summed E-state index contributed by atoms with van der Waals surface area (Å²) in [6.45, 7) is 6.28. The topological polar surface area (TPSA) is 95.9 Å². The minimum Gasteiger partial charge on any atom is -0.462 e. The van der Waals surface area contributed by atoms with Crippen LogP contribution in [0.1, 0.15) is 220 Å². The van der Waals surface area contributed by atoms with E-state index in [2.05, 4.69) is 92.9 Å². The number of carbonyl (C=O) groups is 2. The van der Waals surface area contributed by atoms with E-state index in [1.165, 1.54) is 89.9 Å². The first-order chi connectivity index (χ1) is 32.5. The number of amides is 1. The highest BCUT2D eigenvalue weighted by molar-refractivity contribution is 5.77. The standard InChI is InChI=1S/C60H99NO5/c1-4-7-10-13-16-19-22-25-27-29-31-34-36-39-42-45-48-51-56(66-60(65)53-50-47-44-41-38-35-32-30-28-26-23-20-17-14-11-8-5-2)54-59(64)61-57(55-62)58(63)52-49-46-43-40-37-33-24-21-18-15-12-9-6-3/h8,11,14,16-17,19-20,23,25-28,30-32,34-35,38-39,42,56-58,62-63H,4-7,9-10,12-13,15,18,21-22,24,29,33,36-37,40-41,43-55H2,1-3H3,(H,61,64)/b11-8-,17-14+,19-16-,23-20+,27-25-,28-26-,32-30+,34-31-,38-35+,42-39-. The Morgan fingerprint density at radius 2 is 0.894 bits per heavy atom. The first-order valence-electron chi connectivity index (χ1n) is 26.8. The van der Waals surface area contributed by atoms with E-state index in [0.29, 0.717) is 19.3 Å². The Morgan fingerprint density at radius 1 is 0.470 bits per heavy atom. The lowest BCUT2D eigenvalue weighted by molar-refractivity contribution is -0.151. The molecule has 0 heterocycles. The van der Waals surface area contributed by atoms with E-state index in [1.807, 2.05) is 54.7 Å². The zero-order chi connectivity index (χ0) is 48.1. The zero-order valence-corrected chi connectivity index (χ0v) is 42.5. The largest absolute Gasteiger partial charge is 0.462 e. The highest BCUT2D eigenvalue weighted by Crippen LogP contribution is 2.16. The first kappa shape index (κ1) is 62.3. The molecule has 3 atom stereocenters. The first-order valence-corrected chi connectivity index (χ1v) is 26.8. The average Bonchev–Trinajstić information content (AvgIpc) is 3.31. The van der Waals surface area contributed by atoms with Crippen molar-refractivity contribution in [2.45, 2.75) is 238 Å². The van der Waals surface area contributed by atoms with Crippen molar-refractivity contribution >= 4 is 11.9 Å². The highest BCUT2D eigenvalue weighted by atomic mass is 16.5. The van der Waals surface area contributed by atoms with E-state index >= 15 is 0 Å². The summed E-state index contributed by atoms with van der Waals surface area (Å²) < 4.78 is 5.90. The van der Waals surface area contributed by atoms with Crippen molar-refractivity contribution in [2.24, 2.45) is 0 Å². The molecule has 66 heavy (non-hydrogen) atoms. The molecule has 0 aromatic heterocycles. The third kappa shape index (κ3) is 46.8. The molecule has 0 radical (unpaired) electrons. The molecule has 6 nitrogen and oxygen atoms in total. The average molecular weight is 914 g/mol. The zero-order valence-electron chi connectivity index (χ0n) is 42.5. The van der Waals surface area contributed by atoms with Gasteiger partial charge in [-0.05, 0) is 83.5 Å². The van der Waals surface area contributed by atoms with E-state index in [1.54, 1.807) is 0 Å². The summed E-state index contributed by atoms with van der Waals surface area (Å²) in [5.74, 6) is -0.590. The van der Waals surface area contributed by atoms with Gasteiger partial charge in [0, 0.05) is 6.42 Å². The van der Waals surface area contributed by atoms with Gasteiger partial charge >= 0.3 is 5.97 Å². The lowest BCUT2D eigenvalue weighted by atomic mass is 10.0. The van der Waals surface area contributed by atoms with Crippen LogP contribution in [0.5, 0.6) is 0 Å². The number of aliphatic hydroxyl groups is 2. The van der Waals surface area contributed by atoms with E-state index in [9.17, 15) is 19.8 Å². The summed E-state index contributed by atoms with van der Waals surface area (Å²) >= 11 is 0. The lowest BCUT2D eigenvalue weighted by Crippen LogP contribution is -2.46. The molecule has 0 aromatic rings. The summed E-state index contributed by atoms with van der Waals surface area (Å²) in [5.41, 5.74) is 0. The van der Waals surface area contributed by atoms with Gasteiger partial charge in [-0.3, -0.25) is 9.59 Å². The fraction of sp³-hybridized carbons (Fsp3) is 0.633. The lowest BCUT2D eigenvalue weighted by Gasteiger charge is -2.24. The minimum atomic E-state index is -0.818. The molecule has 0 fully saturated rings. The number of hydrogen-bond donors (Lipinski definition) is 3. The maximum Gasteiger partial charge on any atom is 0.306 e. The van der Waals surface area contributed by atoms with Crippen LogP contribution in [0.2, 0.25) is 0 Å².